The summed E-state index contributed by atoms with van der Waals surface area (Å²) in [6.07, 6.45) is 8.26. The van der Waals surface area contributed by atoms with Crippen molar-refractivity contribution in [2.24, 2.45) is 62.6 Å². The molecule has 1 saturated heterocycles. The van der Waals surface area contributed by atoms with Crippen molar-refractivity contribution in [1.82, 2.24) is 25.1 Å². The predicted molar refractivity (Wildman–Crippen MR) is 220 cm³/mol. The second-order valence-electron chi connectivity index (χ2n) is 20.8. The molecule has 1 aromatic heterocycles. The predicted octanol–water partition coefficient (Wildman–Crippen LogP) is 8.40. The van der Waals surface area contributed by atoms with Crippen molar-refractivity contribution in [3.63, 3.8) is 0 Å². The number of benzene rings is 1. The number of ether oxygens (including phenoxy) is 3. The van der Waals surface area contributed by atoms with Gasteiger partial charge >= 0.3 is 5.97 Å². The summed E-state index contributed by atoms with van der Waals surface area (Å²) in [5.74, 6) is 1.82. The van der Waals surface area contributed by atoms with Crippen LogP contribution in [0, 0.1) is 62.6 Å². The van der Waals surface area contributed by atoms with Crippen LogP contribution < -0.4 is 5.73 Å². The van der Waals surface area contributed by atoms with Gasteiger partial charge in [-0.05, 0) is 116 Å². The van der Waals surface area contributed by atoms with Crippen LogP contribution in [0.3, 0.4) is 0 Å². The van der Waals surface area contributed by atoms with Gasteiger partial charge in [-0.2, -0.15) is 4.80 Å². The van der Waals surface area contributed by atoms with Crippen LogP contribution in [0.15, 0.2) is 42.0 Å². The molecule has 2 N–H and O–H groups in total. The quantitative estimate of drug-likeness (QED) is 0.178. The Labute approximate surface area is 337 Å². The molecule has 10 heteroatoms. The van der Waals surface area contributed by atoms with Crippen LogP contribution in [0.25, 0.3) is 0 Å². The van der Waals surface area contributed by atoms with E-state index in [-0.39, 0.29) is 69.2 Å². The molecule has 2 bridgehead atoms. The first-order chi connectivity index (χ1) is 26.3. The molecule has 2 unspecified atom stereocenters. The minimum atomic E-state index is -0.291. The van der Waals surface area contributed by atoms with Crippen molar-refractivity contribution < 1.29 is 19.0 Å². The summed E-state index contributed by atoms with van der Waals surface area (Å²) in [6.45, 7) is 25.1. The zero-order valence-electron chi connectivity index (χ0n) is 36.5. The Hall–Kier alpha value is -2.82. The number of carbonyl (C=O) groups excluding carboxylic acids is 1. The average Bonchev–Trinajstić information content (AvgIpc) is 3.57. The van der Waals surface area contributed by atoms with Gasteiger partial charge < -0.3 is 24.8 Å². The van der Waals surface area contributed by atoms with E-state index in [1.807, 2.05) is 30.3 Å². The molecule has 56 heavy (non-hydrogen) atoms. The SMILES string of the molecule is CC(C)C(C(C)O[C@H]1[C@H](n2nnc(N)n2)C[C@@]23COC[C@]1(C)[C@@H]2CC[C@H]1C3=CC[C@@]2(C)[C@H](C(=O)OCc3ccccc3)[C@@](C)([C@H](C)C(C)C)CC[C@]12C)N(C)C. The molecule has 0 amide bonds. The molecule has 2 aromatic rings. The van der Waals surface area contributed by atoms with Gasteiger partial charge in [0, 0.05) is 16.9 Å². The van der Waals surface area contributed by atoms with E-state index in [1.54, 1.807) is 4.80 Å². The Kier molecular flexibility index (Phi) is 10.9. The van der Waals surface area contributed by atoms with Crippen LogP contribution in [-0.4, -0.2) is 76.6 Å². The minimum absolute atomic E-state index is 0.0298. The largest absolute Gasteiger partial charge is 0.461 e. The maximum absolute atomic E-state index is 14.9. The summed E-state index contributed by atoms with van der Waals surface area (Å²) in [6, 6.07) is 10.2. The van der Waals surface area contributed by atoms with Gasteiger partial charge in [0.1, 0.15) is 12.6 Å². The number of allylic oxidation sites excluding steroid dienone is 1. The third kappa shape index (κ3) is 6.29. The first kappa shape index (κ1) is 41.3. The summed E-state index contributed by atoms with van der Waals surface area (Å²) in [7, 11) is 4.30. The summed E-state index contributed by atoms with van der Waals surface area (Å²) < 4.78 is 20.5. The van der Waals surface area contributed by atoms with Crippen LogP contribution in [0.1, 0.15) is 119 Å². The van der Waals surface area contributed by atoms with Gasteiger partial charge in [0.25, 0.3) is 5.95 Å². The van der Waals surface area contributed by atoms with E-state index in [1.165, 1.54) is 5.57 Å². The number of tetrazole rings is 1. The highest BCUT2D eigenvalue weighted by Gasteiger charge is 2.72. The van der Waals surface area contributed by atoms with Gasteiger partial charge in [0.05, 0.1) is 31.3 Å². The van der Waals surface area contributed by atoms with Crippen molar-refractivity contribution in [3.8, 4) is 0 Å². The smallest absolute Gasteiger partial charge is 0.310 e. The molecule has 7 rings (SSSR count). The second kappa shape index (κ2) is 14.8. The van der Waals surface area contributed by atoms with Crippen LogP contribution in [-0.2, 0) is 25.6 Å². The molecular formula is C46H72N6O4. The molecular weight excluding hydrogens is 701 g/mol. The maximum Gasteiger partial charge on any atom is 0.310 e. The van der Waals surface area contributed by atoms with E-state index >= 15 is 0 Å². The van der Waals surface area contributed by atoms with Crippen LogP contribution in [0.4, 0.5) is 5.95 Å². The highest BCUT2D eigenvalue weighted by atomic mass is 16.5. The molecule has 1 aromatic carbocycles. The third-order valence-corrected chi connectivity index (χ3v) is 17.2. The zero-order valence-corrected chi connectivity index (χ0v) is 36.5. The number of carbonyl (C=O) groups is 1. The number of hydrogen-bond acceptors (Lipinski definition) is 9. The number of anilines is 1. The maximum atomic E-state index is 14.9. The number of nitrogens with zero attached hydrogens (tertiary/aromatic N) is 5. The fraction of sp³-hybridized carbons (Fsp3) is 0.783. The van der Waals surface area contributed by atoms with Gasteiger partial charge in [-0.3, -0.25) is 4.79 Å². The lowest BCUT2D eigenvalue weighted by Gasteiger charge is -2.71. The fourth-order valence-corrected chi connectivity index (χ4v) is 14.1. The van der Waals surface area contributed by atoms with Crippen molar-refractivity contribution in [2.75, 3.05) is 33.0 Å². The van der Waals surface area contributed by atoms with Crippen molar-refractivity contribution in [2.45, 2.75) is 139 Å². The number of hydrogen-bond donors (Lipinski definition) is 1. The average molecular weight is 773 g/mol. The first-order valence-corrected chi connectivity index (χ1v) is 21.7. The molecule has 0 radical (unpaired) electrons. The van der Waals surface area contributed by atoms with Gasteiger partial charge in [-0.15, -0.1) is 5.10 Å². The fourth-order valence-electron chi connectivity index (χ4n) is 14.1. The van der Waals surface area contributed by atoms with Crippen LogP contribution >= 0.6 is 0 Å². The molecule has 0 spiro atoms. The molecule has 13 atom stereocenters. The third-order valence-electron chi connectivity index (χ3n) is 17.2. The van der Waals surface area contributed by atoms with E-state index in [0.717, 1.165) is 44.1 Å². The lowest BCUT2D eigenvalue weighted by molar-refractivity contribution is -0.262. The van der Waals surface area contributed by atoms with Crippen molar-refractivity contribution in [3.05, 3.63) is 47.5 Å². The van der Waals surface area contributed by atoms with Gasteiger partial charge in [-0.1, -0.05) is 109 Å². The van der Waals surface area contributed by atoms with Gasteiger partial charge in [0.15, 0.2) is 0 Å². The lowest BCUT2D eigenvalue weighted by atomic mass is 9.34. The van der Waals surface area contributed by atoms with Crippen molar-refractivity contribution in [1.29, 1.82) is 0 Å². The molecule has 2 heterocycles. The van der Waals surface area contributed by atoms with Crippen molar-refractivity contribution >= 4 is 11.9 Å². The molecule has 10 nitrogen and oxygen atoms in total. The molecule has 1 aliphatic heterocycles. The van der Waals surface area contributed by atoms with E-state index in [4.69, 9.17) is 19.9 Å². The summed E-state index contributed by atoms with van der Waals surface area (Å²) in [5, 5.41) is 13.4. The van der Waals surface area contributed by atoms with E-state index < -0.39 is 0 Å². The Balaban J connectivity index is 1.30. The molecule has 4 aliphatic carbocycles. The number of likely N-dealkylation sites (N-methyl/N-ethyl adjacent to an activating group) is 1. The van der Waals surface area contributed by atoms with E-state index in [9.17, 15) is 4.79 Å². The summed E-state index contributed by atoms with van der Waals surface area (Å²) in [4.78, 5) is 18.9. The second-order valence-corrected chi connectivity index (χ2v) is 20.8. The monoisotopic (exact) mass is 773 g/mol. The molecule has 4 fully saturated rings. The normalized spacial score (nSPS) is 39.6. The number of aromatic nitrogens is 4. The minimum Gasteiger partial charge on any atom is -0.461 e. The van der Waals surface area contributed by atoms with Crippen LogP contribution in [0.5, 0.6) is 0 Å². The van der Waals surface area contributed by atoms with E-state index in [0.29, 0.717) is 49.4 Å². The number of rotatable bonds is 11. The number of fused-ring (bicyclic) bond motifs is 3. The summed E-state index contributed by atoms with van der Waals surface area (Å²) >= 11 is 0. The van der Waals surface area contributed by atoms with E-state index in [2.05, 4.69) is 110 Å². The number of esters is 1. The van der Waals surface area contributed by atoms with Gasteiger partial charge in [-0.25, -0.2) is 0 Å². The summed E-state index contributed by atoms with van der Waals surface area (Å²) in [5.41, 5.74) is 7.64. The van der Waals surface area contributed by atoms with Gasteiger partial charge in [0.2, 0.25) is 0 Å². The topological polar surface area (TPSA) is 118 Å². The zero-order chi connectivity index (χ0) is 40.6. The highest BCUT2D eigenvalue weighted by Crippen LogP contribution is 2.75. The Morgan fingerprint density at radius 3 is 2.32 bits per heavy atom. The molecule has 5 aliphatic rings. The first-order valence-electron chi connectivity index (χ1n) is 21.7. The Morgan fingerprint density at radius 1 is 0.982 bits per heavy atom. The standard InChI is InChI=1S/C46H72N6O4/c1-28(2)30(5)42(7)22-23-44(9)33-18-19-36-43(8)26-54-27-46(36,34(33)20-21-45(44,10)38(42)40(53)55-25-32-16-14-13-15-17-32)24-35(52-49-41(47)48-50-52)39(43)56-31(6)37(29(3)4)51(11)12/h13-17,20,28-31,33,35-39H,18-19,21-27H2,1-12H3,(H2,47,49)/t30-,31?,33+,35-,36+,37?,38-,39+,42-,43-,44-,45+,46+/m1/s1. The molecule has 310 valence electrons. The highest BCUT2D eigenvalue weighted by molar-refractivity contribution is 5.75. The number of nitrogen functional groups attached to an aromatic ring is 1. The van der Waals surface area contributed by atoms with Crippen LogP contribution in [0.2, 0.25) is 0 Å². The lowest BCUT2D eigenvalue weighted by Crippen LogP contribution is -2.69. The molecule has 3 saturated carbocycles. The Morgan fingerprint density at radius 2 is 1.70 bits per heavy atom. The Bertz CT molecular complexity index is 1750. The number of nitrogens with two attached hydrogens (primary N) is 1.